The molecule has 3 N–H and O–H groups in total. The number of nitrogen functional groups attached to an aromatic ring is 1. The van der Waals surface area contributed by atoms with Gasteiger partial charge in [-0.25, -0.2) is 4.79 Å². The monoisotopic (exact) mass is 291 g/mol. The lowest BCUT2D eigenvalue weighted by molar-refractivity contribution is 0.0601. The van der Waals surface area contributed by atoms with Crippen molar-refractivity contribution in [3.05, 3.63) is 23.8 Å². The molecule has 0 radical (unpaired) electrons. The molecule has 116 valence electrons. The number of rotatable bonds is 5. The molecule has 0 atom stereocenters. The number of nitrogens with two attached hydrogens (primary N) is 1. The van der Waals surface area contributed by atoms with Crippen molar-refractivity contribution in [1.82, 2.24) is 4.90 Å². The molecule has 1 aliphatic rings. The molecule has 1 fully saturated rings. The lowest BCUT2D eigenvalue weighted by atomic mass is 9.96. The average Bonchev–Trinajstić information content (AvgIpc) is 2.53. The van der Waals surface area contributed by atoms with Gasteiger partial charge in [-0.15, -0.1) is 0 Å². The largest absolute Gasteiger partial charge is 0.465 e. The van der Waals surface area contributed by atoms with Gasteiger partial charge < -0.3 is 20.7 Å². The Morgan fingerprint density at radius 2 is 2.14 bits per heavy atom. The van der Waals surface area contributed by atoms with E-state index in [0.29, 0.717) is 17.2 Å². The number of piperidine rings is 1. The minimum absolute atomic E-state index is 0.339. The summed E-state index contributed by atoms with van der Waals surface area (Å²) in [6, 6.07) is 5.20. The van der Waals surface area contributed by atoms with Crippen molar-refractivity contribution in [2.75, 3.05) is 44.3 Å². The first-order chi connectivity index (χ1) is 10.1. The van der Waals surface area contributed by atoms with E-state index in [4.69, 9.17) is 10.5 Å². The van der Waals surface area contributed by atoms with Crippen LogP contribution in [0, 0.1) is 5.92 Å². The van der Waals surface area contributed by atoms with Gasteiger partial charge in [0.15, 0.2) is 0 Å². The van der Waals surface area contributed by atoms with E-state index in [9.17, 15) is 4.79 Å². The summed E-state index contributed by atoms with van der Waals surface area (Å²) < 4.78 is 4.74. The molecule has 1 aromatic carbocycles. The van der Waals surface area contributed by atoms with Crippen LogP contribution >= 0.6 is 0 Å². The van der Waals surface area contributed by atoms with Gasteiger partial charge in [-0.1, -0.05) is 6.92 Å². The predicted molar refractivity (Wildman–Crippen MR) is 85.5 cm³/mol. The summed E-state index contributed by atoms with van der Waals surface area (Å²) in [5.41, 5.74) is 7.97. The molecule has 0 aliphatic carbocycles. The Bertz CT molecular complexity index is 482. The van der Waals surface area contributed by atoms with E-state index in [2.05, 4.69) is 17.1 Å². The molecule has 2 rings (SSSR count). The van der Waals surface area contributed by atoms with Gasteiger partial charge in [-0.2, -0.15) is 0 Å². The minimum Gasteiger partial charge on any atom is -0.465 e. The van der Waals surface area contributed by atoms with Crippen LogP contribution in [0.3, 0.4) is 0 Å². The number of anilines is 2. The number of likely N-dealkylation sites (tertiary alicyclic amines) is 1. The van der Waals surface area contributed by atoms with Crippen molar-refractivity contribution in [2.45, 2.75) is 19.8 Å². The Labute approximate surface area is 126 Å². The zero-order chi connectivity index (χ0) is 15.2. The third-order valence-corrected chi connectivity index (χ3v) is 4.21. The first-order valence-corrected chi connectivity index (χ1v) is 7.58. The van der Waals surface area contributed by atoms with E-state index >= 15 is 0 Å². The van der Waals surface area contributed by atoms with E-state index in [0.717, 1.165) is 18.8 Å². The van der Waals surface area contributed by atoms with Crippen LogP contribution < -0.4 is 11.1 Å². The highest BCUT2D eigenvalue weighted by molar-refractivity contribution is 5.91. The molecular weight excluding hydrogens is 266 g/mol. The molecule has 0 bridgehead atoms. The van der Waals surface area contributed by atoms with Crippen molar-refractivity contribution in [1.29, 1.82) is 0 Å². The molecule has 21 heavy (non-hydrogen) atoms. The third-order valence-electron chi connectivity index (χ3n) is 4.21. The second kappa shape index (κ2) is 7.31. The molecule has 5 heteroatoms. The lowest BCUT2D eigenvalue weighted by Gasteiger charge is -2.31. The molecule has 0 amide bonds. The number of hydrogen-bond donors (Lipinski definition) is 2. The highest BCUT2D eigenvalue weighted by atomic mass is 16.5. The number of hydrogen-bond acceptors (Lipinski definition) is 5. The topological polar surface area (TPSA) is 67.6 Å². The molecule has 0 spiro atoms. The van der Waals surface area contributed by atoms with Gasteiger partial charge in [0.2, 0.25) is 0 Å². The van der Waals surface area contributed by atoms with Crippen molar-refractivity contribution < 1.29 is 9.53 Å². The van der Waals surface area contributed by atoms with Crippen LogP contribution in [-0.4, -0.2) is 44.2 Å². The number of ether oxygens (including phenoxy) is 1. The molecule has 0 unspecified atom stereocenters. The maximum Gasteiger partial charge on any atom is 0.337 e. The van der Waals surface area contributed by atoms with Gasteiger partial charge in [0.1, 0.15) is 0 Å². The fourth-order valence-corrected chi connectivity index (χ4v) is 2.72. The van der Waals surface area contributed by atoms with Crippen LogP contribution in [0.5, 0.6) is 0 Å². The van der Waals surface area contributed by atoms with E-state index in [1.807, 2.05) is 0 Å². The van der Waals surface area contributed by atoms with Gasteiger partial charge in [0.25, 0.3) is 0 Å². The highest BCUT2D eigenvalue weighted by Gasteiger charge is 2.18. The van der Waals surface area contributed by atoms with Gasteiger partial charge in [-0.3, -0.25) is 0 Å². The zero-order valence-corrected chi connectivity index (χ0v) is 12.9. The third kappa shape index (κ3) is 4.11. The Kier molecular flexibility index (Phi) is 5.44. The van der Waals surface area contributed by atoms with Crippen LogP contribution in [0.1, 0.15) is 30.1 Å². The lowest BCUT2D eigenvalue weighted by Crippen LogP contribution is -2.35. The Balaban J connectivity index is 1.92. The summed E-state index contributed by atoms with van der Waals surface area (Å²) >= 11 is 0. The smallest absolute Gasteiger partial charge is 0.337 e. The Hall–Kier alpha value is -1.75. The van der Waals surface area contributed by atoms with E-state index in [1.165, 1.54) is 33.0 Å². The molecule has 1 saturated heterocycles. The summed E-state index contributed by atoms with van der Waals surface area (Å²) in [4.78, 5) is 14.0. The maximum absolute atomic E-state index is 11.6. The number of methoxy groups -OCH3 is 1. The SMILES string of the molecule is CCN1CCC(CNc2cc(C(=O)OC)ccc2N)CC1. The van der Waals surface area contributed by atoms with Crippen LogP contribution in [0.25, 0.3) is 0 Å². The Morgan fingerprint density at radius 1 is 1.43 bits per heavy atom. The maximum atomic E-state index is 11.6. The van der Waals surface area contributed by atoms with Crippen LogP contribution in [0.15, 0.2) is 18.2 Å². The molecule has 1 aromatic rings. The quantitative estimate of drug-likeness (QED) is 0.643. The number of esters is 1. The summed E-state index contributed by atoms with van der Waals surface area (Å²) in [6.07, 6.45) is 2.41. The first-order valence-electron chi connectivity index (χ1n) is 7.58. The standard InChI is InChI=1S/C16H25N3O2/c1-3-19-8-6-12(7-9-19)11-18-15-10-13(16(20)21-2)4-5-14(15)17/h4-5,10,12,18H,3,6-9,11,17H2,1-2H3. The highest BCUT2D eigenvalue weighted by Crippen LogP contribution is 2.23. The van der Waals surface area contributed by atoms with Gasteiger partial charge >= 0.3 is 5.97 Å². The van der Waals surface area contributed by atoms with Crippen molar-refractivity contribution in [2.24, 2.45) is 5.92 Å². The number of carbonyl (C=O) groups excluding carboxylic acids is 1. The average molecular weight is 291 g/mol. The summed E-state index contributed by atoms with van der Waals surface area (Å²) in [5, 5.41) is 3.38. The van der Waals surface area contributed by atoms with Crippen LogP contribution in [0.4, 0.5) is 11.4 Å². The molecule has 0 aromatic heterocycles. The fraction of sp³-hybridized carbons (Fsp3) is 0.562. The van der Waals surface area contributed by atoms with Crippen molar-refractivity contribution in [3.63, 3.8) is 0 Å². The molecule has 0 saturated carbocycles. The molecule has 1 heterocycles. The van der Waals surface area contributed by atoms with Gasteiger partial charge in [0.05, 0.1) is 24.0 Å². The zero-order valence-electron chi connectivity index (χ0n) is 12.9. The second-order valence-corrected chi connectivity index (χ2v) is 5.55. The molecule has 5 nitrogen and oxygen atoms in total. The molecular formula is C16H25N3O2. The number of benzene rings is 1. The van der Waals surface area contributed by atoms with Crippen LogP contribution in [-0.2, 0) is 4.74 Å². The van der Waals surface area contributed by atoms with E-state index in [1.54, 1.807) is 18.2 Å². The molecule has 1 aliphatic heterocycles. The minimum atomic E-state index is -0.339. The predicted octanol–water partition coefficient (Wildman–Crippen LogP) is 2.20. The van der Waals surface area contributed by atoms with Crippen LogP contribution in [0.2, 0.25) is 0 Å². The van der Waals surface area contributed by atoms with Crippen molar-refractivity contribution in [3.8, 4) is 0 Å². The fourth-order valence-electron chi connectivity index (χ4n) is 2.72. The summed E-state index contributed by atoms with van der Waals surface area (Å²) in [6.45, 7) is 6.57. The van der Waals surface area contributed by atoms with Crippen molar-refractivity contribution >= 4 is 17.3 Å². The van der Waals surface area contributed by atoms with E-state index < -0.39 is 0 Å². The Morgan fingerprint density at radius 3 is 2.76 bits per heavy atom. The first kappa shape index (κ1) is 15.6. The summed E-state index contributed by atoms with van der Waals surface area (Å²) in [7, 11) is 1.38. The number of nitrogens with one attached hydrogen (secondary N) is 1. The summed E-state index contributed by atoms with van der Waals surface area (Å²) in [5.74, 6) is 0.322. The van der Waals surface area contributed by atoms with E-state index in [-0.39, 0.29) is 5.97 Å². The normalized spacial score (nSPS) is 16.7. The number of nitrogens with zero attached hydrogens (tertiary/aromatic N) is 1. The second-order valence-electron chi connectivity index (χ2n) is 5.55. The number of carbonyl (C=O) groups is 1. The van der Waals surface area contributed by atoms with Gasteiger partial charge in [-0.05, 0) is 56.6 Å². The van der Waals surface area contributed by atoms with Gasteiger partial charge in [0, 0.05) is 6.54 Å².